The van der Waals surface area contributed by atoms with Gasteiger partial charge >= 0.3 is 5.97 Å². The molecule has 0 aliphatic rings. The fourth-order valence-electron chi connectivity index (χ4n) is 3.54. The van der Waals surface area contributed by atoms with Crippen molar-refractivity contribution in [2.24, 2.45) is 0 Å². The van der Waals surface area contributed by atoms with Crippen LogP contribution in [0.3, 0.4) is 0 Å². The summed E-state index contributed by atoms with van der Waals surface area (Å²) in [5.74, 6) is -0.549. The van der Waals surface area contributed by atoms with Crippen LogP contribution in [0, 0.1) is 0 Å². The van der Waals surface area contributed by atoms with Gasteiger partial charge in [0.1, 0.15) is 18.1 Å². The number of aliphatic hydroxyl groups is 1. The number of benzene rings is 3. The fraction of sp³-hybridized carbons (Fsp3) is 0.269. The fourth-order valence-corrected chi connectivity index (χ4v) is 4.34. The maximum atomic E-state index is 11.4. The van der Waals surface area contributed by atoms with Crippen molar-refractivity contribution in [2.45, 2.75) is 18.9 Å². The third-order valence-corrected chi connectivity index (χ3v) is 6.31. The van der Waals surface area contributed by atoms with E-state index in [-0.39, 0.29) is 24.4 Å². The van der Waals surface area contributed by atoms with Crippen molar-refractivity contribution in [3.8, 4) is 22.6 Å². The van der Waals surface area contributed by atoms with E-state index in [9.17, 15) is 23.4 Å². The lowest BCUT2D eigenvalue weighted by Gasteiger charge is -2.15. The minimum atomic E-state index is -3.57. The van der Waals surface area contributed by atoms with Gasteiger partial charge in [-0.3, -0.25) is 9.52 Å². The van der Waals surface area contributed by atoms with Gasteiger partial charge in [0.15, 0.2) is 0 Å². The third kappa shape index (κ3) is 8.94. The van der Waals surface area contributed by atoms with Gasteiger partial charge in [0.05, 0.1) is 23.1 Å². The summed E-state index contributed by atoms with van der Waals surface area (Å²) in [5, 5.41) is 32.5. The number of hydrogen-bond acceptors (Lipinski definition) is 7. The van der Waals surface area contributed by atoms with Gasteiger partial charge in [-0.25, -0.2) is 8.42 Å². The van der Waals surface area contributed by atoms with Crippen molar-refractivity contribution in [1.29, 1.82) is 0 Å². The van der Waals surface area contributed by atoms with E-state index < -0.39 is 22.1 Å². The Morgan fingerprint density at radius 2 is 1.76 bits per heavy atom. The second-order valence-corrected chi connectivity index (χ2v) is 10.6. The van der Waals surface area contributed by atoms with Gasteiger partial charge < -0.3 is 25.4 Å². The zero-order valence-corrected chi connectivity index (χ0v) is 21.7. The van der Waals surface area contributed by atoms with Gasteiger partial charge in [-0.05, 0) is 52.9 Å². The molecule has 3 aromatic rings. The predicted octanol–water partition coefficient (Wildman–Crippen LogP) is 3.80. The molecule has 0 fully saturated rings. The van der Waals surface area contributed by atoms with Crippen LogP contribution >= 0.6 is 11.6 Å². The van der Waals surface area contributed by atoms with Gasteiger partial charge in [-0.1, -0.05) is 48.0 Å². The molecule has 198 valence electrons. The molecule has 0 amide bonds. The van der Waals surface area contributed by atoms with Crippen molar-refractivity contribution in [1.82, 2.24) is 5.32 Å². The first-order chi connectivity index (χ1) is 17.5. The first-order valence-corrected chi connectivity index (χ1v) is 13.7. The number of halogens is 1. The number of aliphatic carboxylic acids is 1. The number of ether oxygens (including phenoxy) is 1. The van der Waals surface area contributed by atoms with E-state index in [0.717, 1.165) is 22.9 Å². The second-order valence-electron chi connectivity index (χ2n) is 8.46. The summed E-state index contributed by atoms with van der Waals surface area (Å²) < 4.78 is 30.8. The number of anilines is 1. The number of phenols is 1. The summed E-state index contributed by atoms with van der Waals surface area (Å²) in [6.07, 6.45) is 0.607. The molecule has 0 heterocycles. The Morgan fingerprint density at radius 3 is 2.41 bits per heavy atom. The molecule has 11 heteroatoms. The average Bonchev–Trinajstić information content (AvgIpc) is 2.84. The van der Waals surface area contributed by atoms with E-state index in [1.807, 2.05) is 30.3 Å². The minimum Gasteiger partial charge on any atom is -0.506 e. The number of sulfonamides is 1. The van der Waals surface area contributed by atoms with Crippen LogP contribution in [0.1, 0.15) is 23.7 Å². The molecule has 0 aromatic heterocycles. The van der Waals surface area contributed by atoms with Crippen LogP contribution in [0.25, 0.3) is 11.1 Å². The standard InChI is InChI=1S/C26H29ClN2O7S/c1-37(34,35)29-22-15-20(7-9-23(22)30)24(31)16-28-12-13-36-25-10-8-19(14-21(25)27)18-5-2-17(3-6-18)4-11-26(32)33/h2-3,5-10,14-15,24,28-31H,4,11-13,16H2,1H3,(H,32,33). The van der Waals surface area contributed by atoms with Crippen LogP contribution < -0.4 is 14.8 Å². The van der Waals surface area contributed by atoms with Gasteiger partial charge in [0.2, 0.25) is 10.0 Å². The molecular weight excluding hydrogens is 520 g/mol. The monoisotopic (exact) mass is 548 g/mol. The molecule has 0 aliphatic carbocycles. The smallest absolute Gasteiger partial charge is 0.303 e. The van der Waals surface area contributed by atoms with E-state index in [1.54, 1.807) is 12.1 Å². The lowest BCUT2D eigenvalue weighted by atomic mass is 10.0. The summed E-state index contributed by atoms with van der Waals surface area (Å²) in [4.78, 5) is 10.7. The van der Waals surface area contributed by atoms with Crippen LogP contribution in [0.5, 0.6) is 11.5 Å². The number of aliphatic hydroxyl groups excluding tert-OH is 1. The summed E-state index contributed by atoms with van der Waals surface area (Å²) in [7, 11) is -3.57. The highest BCUT2D eigenvalue weighted by Crippen LogP contribution is 2.31. The molecule has 0 spiro atoms. The third-order valence-electron chi connectivity index (χ3n) is 5.42. The number of hydrogen-bond donors (Lipinski definition) is 5. The number of carbonyl (C=O) groups is 1. The molecular formula is C26H29ClN2O7S. The van der Waals surface area contributed by atoms with Crippen LogP contribution in [0.2, 0.25) is 5.02 Å². The lowest BCUT2D eigenvalue weighted by Crippen LogP contribution is -2.26. The van der Waals surface area contributed by atoms with Crippen molar-refractivity contribution in [3.05, 3.63) is 76.8 Å². The van der Waals surface area contributed by atoms with Crippen LogP contribution in [0.15, 0.2) is 60.7 Å². The summed E-state index contributed by atoms with van der Waals surface area (Å²) in [6.45, 7) is 0.890. The van der Waals surface area contributed by atoms with Crippen molar-refractivity contribution in [2.75, 3.05) is 30.7 Å². The minimum absolute atomic E-state index is 0.00500. The Labute approximate surface area is 220 Å². The molecule has 3 aromatic carbocycles. The highest BCUT2D eigenvalue weighted by atomic mass is 35.5. The van der Waals surface area contributed by atoms with Crippen LogP contribution in [-0.4, -0.2) is 55.7 Å². The quantitative estimate of drug-likeness (QED) is 0.160. The number of rotatable bonds is 13. The largest absolute Gasteiger partial charge is 0.506 e. The molecule has 37 heavy (non-hydrogen) atoms. The Morgan fingerprint density at radius 1 is 1.05 bits per heavy atom. The molecule has 0 saturated carbocycles. The van der Waals surface area contributed by atoms with E-state index in [4.69, 9.17) is 21.4 Å². The van der Waals surface area contributed by atoms with Gasteiger partial charge in [0.25, 0.3) is 0 Å². The zero-order valence-electron chi connectivity index (χ0n) is 20.1. The van der Waals surface area contributed by atoms with Crippen LogP contribution in [-0.2, 0) is 21.2 Å². The highest BCUT2D eigenvalue weighted by molar-refractivity contribution is 7.92. The first kappa shape index (κ1) is 28.3. The Bertz CT molecular complexity index is 1330. The molecule has 1 unspecified atom stereocenters. The van der Waals surface area contributed by atoms with E-state index in [2.05, 4.69) is 10.0 Å². The normalized spacial score (nSPS) is 12.2. The van der Waals surface area contributed by atoms with Gasteiger partial charge in [-0.15, -0.1) is 0 Å². The summed E-state index contributed by atoms with van der Waals surface area (Å²) in [5.41, 5.74) is 3.24. The molecule has 0 saturated heterocycles. The average molecular weight is 549 g/mol. The number of aromatic hydroxyl groups is 1. The molecule has 1 atom stereocenters. The van der Waals surface area contributed by atoms with Gasteiger partial charge in [-0.2, -0.15) is 0 Å². The SMILES string of the molecule is CS(=O)(=O)Nc1cc(C(O)CNCCOc2ccc(-c3ccc(CCC(=O)O)cc3)cc2Cl)ccc1O. The van der Waals surface area contributed by atoms with Crippen molar-refractivity contribution >= 4 is 33.3 Å². The Balaban J connectivity index is 1.47. The zero-order chi connectivity index (χ0) is 27.0. The maximum absolute atomic E-state index is 11.4. The molecule has 0 bridgehead atoms. The number of carboxylic acids is 1. The molecule has 0 radical (unpaired) electrons. The number of aryl methyl sites for hydroxylation is 1. The Kier molecular flexibility index (Phi) is 9.76. The second kappa shape index (κ2) is 12.8. The molecule has 9 nitrogen and oxygen atoms in total. The maximum Gasteiger partial charge on any atom is 0.303 e. The number of nitrogens with one attached hydrogen (secondary N) is 2. The summed E-state index contributed by atoms with van der Waals surface area (Å²) >= 11 is 6.39. The highest BCUT2D eigenvalue weighted by Gasteiger charge is 2.13. The van der Waals surface area contributed by atoms with E-state index in [1.165, 1.54) is 18.2 Å². The molecule has 3 rings (SSSR count). The van der Waals surface area contributed by atoms with Gasteiger partial charge in [0, 0.05) is 19.5 Å². The topological polar surface area (TPSA) is 145 Å². The summed E-state index contributed by atoms with van der Waals surface area (Å²) in [6, 6.07) is 17.3. The Hall–Kier alpha value is -3.31. The van der Waals surface area contributed by atoms with E-state index >= 15 is 0 Å². The van der Waals surface area contributed by atoms with Crippen molar-refractivity contribution in [3.63, 3.8) is 0 Å². The predicted molar refractivity (Wildman–Crippen MR) is 143 cm³/mol. The number of phenolic OH excluding ortho intramolecular Hbond substituents is 1. The lowest BCUT2D eigenvalue weighted by molar-refractivity contribution is -0.136. The molecule has 0 aliphatic heterocycles. The first-order valence-electron chi connectivity index (χ1n) is 11.4. The van der Waals surface area contributed by atoms with E-state index in [0.29, 0.717) is 35.9 Å². The number of carboxylic acid groups (broad SMARTS) is 1. The van der Waals surface area contributed by atoms with Crippen LogP contribution in [0.4, 0.5) is 5.69 Å². The molecule has 5 N–H and O–H groups in total. The van der Waals surface area contributed by atoms with Crippen molar-refractivity contribution < 1.29 is 33.3 Å².